The molecule has 0 saturated heterocycles. The normalized spacial score (nSPS) is 13.6. The summed E-state index contributed by atoms with van der Waals surface area (Å²) in [6.45, 7) is 3.88. The van der Waals surface area contributed by atoms with Crippen molar-refractivity contribution in [2.75, 3.05) is 0 Å². The fourth-order valence-corrected chi connectivity index (χ4v) is 4.04. The minimum atomic E-state index is -4.33. The third kappa shape index (κ3) is 3.03. The van der Waals surface area contributed by atoms with E-state index >= 15 is 0 Å². The Morgan fingerprint density at radius 1 is 1.11 bits per heavy atom. The van der Waals surface area contributed by atoms with Gasteiger partial charge >= 0.3 is 6.18 Å². The largest absolute Gasteiger partial charge is 0.416 e. The standard InChI is InChI=1S/C14H12BrF3S/c1-8-7-11(9(2)19-8)13(15)10-5-3-4-6-12(10)14(16,17)18/h3-7,13H,1-2H3. The first-order chi connectivity index (χ1) is 8.80. The summed E-state index contributed by atoms with van der Waals surface area (Å²) >= 11 is 5.00. The Morgan fingerprint density at radius 3 is 2.26 bits per heavy atom. The second kappa shape index (κ2) is 5.29. The number of rotatable bonds is 2. The second-order valence-electron chi connectivity index (χ2n) is 4.32. The minimum Gasteiger partial charge on any atom is -0.166 e. The van der Waals surface area contributed by atoms with Crippen LogP contribution in [0.2, 0.25) is 0 Å². The molecule has 0 amide bonds. The molecule has 1 heterocycles. The highest BCUT2D eigenvalue weighted by molar-refractivity contribution is 9.09. The maximum Gasteiger partial charge on any atom is 0.416 e. The fourth-order valence-electron chi connectivity index (χ4n) is 2.05. The molecule has 1 aromatic heterocycles. The number of thiophene rings is 1. The third-order valence-electron chi connectivity index (χ3n) is 2.89. The Labute approximate surface area is 122 Å². The maximum absolute atomic E-state index is 13.0. The molecule has 2 rings (SSSR count). The molecule has 0 aliphatic heterocycles. The van der Waals surface area contributed by atoms with Crippen molar-refractivity contribution in [3.05, 3.63) is 56.8 Å². The molecular formula is C14H12BrF3S. The van der Waals surface area contributed by atoms with Crippen LogP contribution < -0.4 is 0 Å². The van der Waals surface area contributed by atoms with Gasteiger partial charge in [-0.3, -0.25) is 0 Å². The van der Waals surface area contributed by atoms with Gasteiger partial charge in [0, 0.05) is 9.75 Å². The zero-order valence-electron chi connectivity index (χ0n) is 10.4. The molecule has 0 aliphatic carbocycles. The van der Waals surface area contributed by atoms with Crippen molar-refractivity contribution < 1.29 is 13.2 Å². The van der Waals surface area contributed by atoms with E-state index in [-0.39, 0.29) is 5.56 Å². The lowest BCUT2D eigenvalue weighted by Gasteiger charge is -2.17. The molecule has 0 aliphatic rings. The van der Waals surface area contributed by atoms with Gasteiger partial charge in [-0.05, 0) is 37.1 Å². The van der Waals surface area contributed by atoms with Gasteiger partial charge in [-0.25, -0.2) is 0 Å². The summed E-state index contributed by atoms with van der Waals surface area (Å²) in [5, 5.41) is 0. The molecule has 102 valence electrons. The highest BCUT2D eigenvalue weighted by Gasteiger charge is 2.35. The van der Waals surface area contributed by atoms with Crippen molar-refractivity contribution in [1.29, 1.82) is 0 Å². The first-order valence-electron chi connectivity index (χ1n) is 5.68. The van der Waals surface area contributed by atoms with Gasteiger partial charge in [0.25, 0.3) is 0 Å². The van der Waals surface area contributed by atoms with Gasteiger partial charge in [0.05, 0.1) is 10.4 Å². The summed E-state index contributed by atoms with van der Waals surface area (Å²) < 4.78 is 39.0. The molecule has 1 atom stereocenters. The zero-order valence-corrected chi connectivity index (χ0v) is 12.8. The van der Waals surface area contributed by atoms with Crippen LogP contribution in [0, 0.1) is 13.8 Å². The Morgan fingerprint density at radius 2 is 1.74 bits per heavy atom. The van der Waals surface area contributed by atoms with E-state index in [1.807, 2.05) is 19.9 Å². The van der Waals surface area contributed by atoms with Crippen LogP contribution in [0.4, 0.5) is 13.2 Å². The molecule has 0 radical (unpaired) electrons. The molecule has 5 heteroatoms. The highest BCUT2D eigenvalue weighted by Crippen LogP contribution is 2.42. The lowest BCUT2D eigenvalue weighted by Crippen LogP contribution is -2.10. The van der Waals surface area contributed by atoms with Crippen LogP contribution in [0.1, 0.15) is 31.3 Å². The number of benzene rings is 1. The lowest BCUT2D eigenvalue weighted by molar-refractivity contribution is -0.138. The van der Waals surface area contributed by atoms with Crippen LogP contribution in [0.3, 0.4) is 0 Å². The van der Waals surface area contributed by atoms with Crippen molar-refractivity contribution in [2.45, 2.75) is 24.9 Å². The van der Waals surface area contributed by atoms with Crippen LogP contribution in [-0.4, -0.2) is 0 Å². The maximum atomic E-state index is 13.0. The van der Waals surface area contributed by atoms with E-state index in [9.17, 15) is 13.2 Å². The number of halogens is 4. The Balaban J connectivity index is 2.50. The van der Waals surface area contributed by atoms with Gasteiger partial charge in [0.2, 0.25) is 0 Å². The molecule has 0 N–H and O–H groups in total. The summed E-state index contributed by atoms with van der Waals surface area (Å²) in [7, 11) is 0. The smallest absolute Gasteiger partial charge is 0.166 e. The summed E-state index contributed by atoms with van der Waals surface area (Å²) in [5.41, 5.74) is 0.579. The van der Waals surface area contributed by atoms with E-state index in [1.165, 1.54) is 12.1 Å². The number of alkyl halides is 4. The fraction of sp³-hybridized carbons (Fsp3) is 0.286. The van der Waals surface area contributed by atoms with Gasteiger partial charge in [0.1, 0.15) is 0 Å². The van der Waals surface area contributed by atoms with Gasteiger partial charge in [-0.1, -0.05) is 34.1 Å². The second-order valence-corrected chi connectivity index (χ2v) is 6.69. The minimum absolute atomic E-state index is 0.260. The van der Waals surface area contributed by atoms with Crippen LogP contribution in [0.25, 0.3) is 0 Å². The molecular weight excluding hydrogens is 337 g/mol. The van der Waals surface area contributed by atoms with Gasteiger partial charge in [-0.2, -0.15) is 13.2 Å². The van der Waals surface area contributed by atoms with Crippen LogP contribution in [0.5, 0.6) is 0 Å². The van der Waals surface area contributed by atoms with Crippen molar-refractivity contribution in [1.82, 2.24) is 0 Å². The van der Waals surface area contributed by atoms with Gasteiger partial charge in [-0.15, -0.1) is 11.3 Å². The van der Waals surface area contributed by atoms with E-state index in [0.29, 0.717) is 0 Å². The Bertz CT molecular complexity index is 587. The van der Waals surface area contributed by atoms with Crippen LogP contribution in [-0.2, 0) is 6.18 Å². The molecule has 0 fully saturated rings. The van der Waals surface area contributed by atoms with E-state index < -0.39 is 16.6 Å². The lowest BCUT2D eigenvalue weighted by atomic mass is 9.99. The van der Waals surface area contributed by atoms with Crippen molar-refractivity contribution >= 4 is 27.3 Å². The SMILES string of the molecule is Cc1cc(C(Br)c2ccccc2C(F)(F)F)c(C)s1. The summed E-state index contributed by atoms with van der Waals surface area (Å²) in [4.78, 5) is 1.70. The van der Waals surface area contributed by atoms with E-state index in [2.05, 4.69) is 15.9 Å². The van der Waals surface area contributed by atoms with Crippen molar-refractivity contribution in [2.24, 2.45) is 0 Å². The molecule has 0 saturated carbocycles. The number of hydrogen-bond acceptors (Lipinski definition) is 1. The van der Waals surface area contributed by atoms with Crippen LogP contribution >= 0.6 is 27.3 Å². The third-order valence-corrected chi connectivity index (χ3v) is 4.86. The molecule has 1 unspecified atom stereocenters. The number of hydrogen-bond donors (Lipinski definition) is 0. The first kappa shape index (κ1) is 14.6. The average molecular weight is 349 g/mol. The van der Waals surface area contributed by atoms with Crippen LogP contribution in [0.15, 0.2) is 30.3 Å². The predicted octanol–water partition coefficient (Wildman–Crippen LogP) is 5.87. The topological polar surface area (TPSA) is 0 Å². The monoisotopic (exact) mass is 348 g/mol. The molecule has 19 heavy (non-hydrogen) atoms. The van der Waals surface area contributed by atoms with E-state index in [4.69, 9.17) is 0 Å². The quantitative estimate of drug-likeness (QED) is 0.595. The highest BCUT2D eigenvalue weighted by atomic mass is 79.9. The summed E-state index contributed by atoms with van der Waals surface area (Å²) in [5.74, 6) is 0. The summed E-state index contributed by atoms with van der Waals surface area (Å²) in [6, 6.07) is 7.63. The number of aryl methyl sites for hydroxylation is 2. The molecule has 0 spiro atoms. The predicted molar refractivity (Wildman–Crippen MR) is 76.0 cm³/mol. The Kier molecular flexibility index (Phi) is 4.06. The van der Waals surface area contributed by atoms with E-state index in [0.717, 1.165) is 21.4 Å². The zero-order chi connectivity index (χ0) is 14.2. The molecule has 0 nitrogen and oxygen atoms in total. The summed E-state index contributed by atoms with van der Waals surface area (Å²) in [6.07, 6.45) is -4.33. The van der Waals surface area contributed by atoms with Crippen molar-refractivity contribution in [3.8, 4) is 0 Å². The first-order valence-corrected chi connectivity index (χ1v) is 7.41. The molecule has 0 bridgehead atoms. The average Bonchev–Trinajstić information content (AvgIpc) is 2.66. The van der Waals surface area contributed by atoms with Crippen molar-refractivity contribution in [3.63, 3.8) is 0 Å². The van der Waals surface area contributed by atoms with Gasteiger partial charge < -0.3 is 0 Å². The molecule has 1 aromatic carbocycles. The van der Waals surface area contributed by atoms with Gasteiger partial charge in [0.15, 0.2) is 0 Å². The Hall–Kier alpha value is -0.810. The van der Waals surface area contributed by atoms with E-state index in [1.54, 1.807) is 17.4 Å². The molecule has 2 aromatic rings.